The lowest BCUT2D eigenvalue weighted by molar-refractivity contribution is 0.0232. The minimum atomic E-state index is -0.479. The molecule has 110 valence electrons. The quantitative estimate of drug-likeness (QED) is 0.834. The monoisotopic (exact) mass is 291 g/mol. The fourth-order valence-electron chi connectivity index (χ4n) is 3.43. The molecule has 2 N–H and O–H groups in total. The molecule has 0 aromatic heterocycles. The highest BCUT2D eigenvalue weighted by atomic mass is 32.2. The van der Waals surface area contributed by atoms with Crippen LogP contribution in [0.1, 0.15) is 55.7 Å². The first-order chi connectivity index (χ1) is 9.77. The normalized spacial score (nSPS) is 25.8. The van der Waals surface area contributed by atoms with Gasteiger partial charge in [0.15, 0.2) is 0 Å². The Morgan fingerprint density at radius 2 is 1.90 bits per heavy atom. The van der Waals surface area contributed by atoms with Crippen molar-refractivity contribution in [2.24, 2.45) is 0 Å². The van der Waals surface area contributed by atoms with Crippen molar-refractivity contribution in [3.63, 3.8) is 0 Å². The third kappa shape index (κ3) is 3.38. The third-order valence-electron chi connectivity index (χ3n) is 4.68. The summed E-state index contributed by atoms with van der Waals surface area (Å²) in [6, 6.07) is 9.13. The molecule has 3 heteroatoms. The van der Waals surface area contributed by atoms with E-state index in [4.69, 9.17) is 0 Å². The molecule has 3 rings (SSSR count). The van der Waals surface area contributed by atoms with Gasteiger partial charge in [-0.3, -0.25) is 0 Å². The Labute approximate surface area is 126 Å². The van der Waals surface area contributed by atoms with Crippen molar-refractivity contribution < 1.29 is 5.11 Å². The predicted octanol–water partition coefficient (Wildman–Crippen LogP) is 3.65. The number of rotatable bonds is 3. The Morgan fingerprint density at radius 3 is 2.70 bits per heavy atom. The van der Waals surface area contributed by atoms with Gasteiger partial charge in [0.2, 0.25) is 0 Å². The highest BCUT2D eigenvalue weighted by Gasteiger charge is 2.29. The van der Waals surface area contributed by atoms with Crippen LogP contribution in [0.15, 0.2) is 24.3 Å². The van der Waals surface area contributed by atoms with E-state index in [2.05, 4.69) is 29.6 Å². The van der Waals surface area contributed by atoms with Crippen LogP contribution >= 0.6 is 11.8 Å². The molecule has 1 aliphatic heterocycles. The van der Waals surface area contributed by atoms with Crippen LogP contribution in [-0.4, -0.2) is 23.0 Å². The molecule has 1 aromatic rings. The van der Waals surface area contributed by atoms with Crippen molar-refractivity contribution in [3.8, 4) is 0 Å². The zero-order valence-electron chi connectivity index (χ0n) is 12.1. The smallest absolute Gasteiger partial charge is 0.0771 e. The molecule has 1 atom stereocenters. The summed E-state index contributed by atoms with van der Waals surface area (Å²) >= 11 is 1.99. The van der Waals surface area contributed by atoms with Gasteiger partial charge in [0, 0.05) is 24.1 Å². The lowest BCUT2D eigenvalue weighted by Crippen LogP contribution is -2.42. The molecule has 0 amide bonds. The summed E-state index contributed by atoms with van der Waals surface area (Å²) in [5.41, 5.74) is 2.41. The van der Waals surface area contributed by atoms with Gasteiger partial charge in [0.05, 0.1) is 5.60 Å². The third-order valence-corrected chi connectivity index (χ3v) is 5.77. The highest BCUT2D eigenvalue weighted by Crippen LogP contribution is 2.33. The van der Waals surface area contributed by atoms with Crippen LogP contribution in [0.25, 0.3) is 0 Å². The number of hydrogen-bond donors (Lipinski definition) is 2. The van der Waals surface area contributed by atoms with Crippen LogP contribution in [0, 0.1) is 0 Å². The Balaban J connectivity index is 1.64. The van der Waals surface area contributed by atoms with Crippen molar-refractivity contribution in [2.75, 3.05) is 12.3 Å². The molecule has 0 saturated heterocycles. The van der Waals surface area contributed by atoms with Crippen LogP contribution in [-0.2, 0) is 5.75 Å². The van der Waals surface area contributed by atoms with Crippen molar-refractivity contribution >= 4 is 11.8 Å². The van der Waals surface area contributed by atoms with Gasteiger partial charge in [-0.15, -0.1) is 0 Å². The number of fused-ring (bicyclic) bond motifs is 1. The average molecular weight is 291 g/mol. The maximum Gasteiger partial charge on any atom is 0.0771 e. The molecule has 2 aliphatic rings. The summed E-state index contributed by atoms with van der Waals surface area (Å²) in [4.78, 5) is 0. The summed E-state index contributed by atoms with van der Waals surface area (Å²) in [5, 5.41) is 14.4. The summed E-state index contributed by atoms with van der Waals surface area (Å²) < 4.78 is 0. The second-order valence-corrected chi connectivity index (χ2v) is 7.32. The number of nitrogens with one attached hydrogen (secondary N) is 1. The summed E-state index contributed by atoms with van der Waals surface area (Å²) in [5.74, 6) is 2.24. The maximum absolute atomic E-state index is 10.8. The summed E-state index contributed by atoms with van der Waals surface area (Å²) in [7, 11) is 0. The second-order valence-electron chi connectivity index (χ2n) is 6.29. The van der Waals surface area contributed by atoms with Crippen LogP contribution in [0.4, 0.5) is 0 Å². The molecule has 1 aliphatic carbocycles. The van der Waals surface area contributed by atoms with E-state index in [1.807, 2.05) is 11.8 Å². The van der Waals surface area contributed by atoms with Gasteiger partial charge in [-0.1, -0.05) is 49.9 Å². The van der Waals surface area contributed by atoms with E-state index < -0.39 is 5.60 Å². The first kappa shape index (κ1) is 14.4. The molecular weight excluding hydrogens is 266 g/mol. The largest absolute Gasteiger partial charge is 0.389 e. The zero-order valence-corrected chi connectivity index (χ0v) is 12.9. The first-order valence-electron chi connectivity index (χ1n) is 7.88. The Hall–Kier alpha value is -0.510. The fraction of sp³-hybridized carbons (Fsp3) is 0.647. The van der Waals surface area contributed by atoms with Gasteiger partial charge >= 0.3 is 0 Å². The van der Waals surface area contributed by atoms with Gasteiger partial charge in [-0.25, -0.2) is 0 Å². The molecule has 20 heavy (non-hydrogen) atoms. The lowest BCUT2D eigenvalue weighted by atomic mass is 9.93. The van der Waals surface area contributed by atoms with Crippen molar-refractivity contribution in [1.82, 2.24) is 5.32 Å². The molecule has 1 fully saturated rings. The van der Waals surface area contributed by atoms with E-state index in [0.29, 0.717) is 6.04 Å². The maximum atomic E-state index is 10.8. The van der Waals surface area contributed by atoms with E-state index in [1.54, 1.807) is 0 Å². The number of thioether (sulfide) groups is 1. The molecular formula is C17H25NOS. The number of aliphatic hydroxyl groups is 1. The van der Waals surface area contributed by atoms with E-state index in [9.17, 15) is 5.11 Å². The van der Waals surface area contributed by atoms with E-state index in [-0.39, 0.29) is 0 Å². The van der Waals surface area contributed by atoms with Gasteiger partial charge in [-0.2, -0.15) is 11.8 Å². The molecule has 2 nitrogen and oxygen atoms in total. The standard InChI is InChI=1S/C17H25NOS/c19-17(9-5-1-2-6-10-17)13-18-16-12-20-11-14-7-3-4-8-15(14)16/h3-4,7-8,16,18-19H,1-2,5-6,9-13H2. The first-order valence-corrected chi connectivity index (χ1v) is 9.04. The second kappa shape index (κ2) is 6.50. The lowest BCUT2D eigenvalue weighted by Gasteiger charge is -2.32. The molecule has 1 aromatic carbocycles. The van der Waals surface area contributed by atoms with Crippen molar-refractivity contribution in [1.29, 1.82) is 0 Å². The molecule has 1 saturated carbocycles. The van der Waals surface area contributed by atoms with Crippen molar-refractivity contribution in [2.45, 2.75) is 55.9 Å². The molecule has 1 unspecified atom stereocenters. The Kier molecular flexibility index (Phi) is 4.69. The summed E-state index contributed by atoms with van der Waals surface area (Å²) in [6.45, 7) is 0.743. The van der Waals surface area contributed by atoms with E-state index >= 15 is 0 Å². The molecule has 0 spiro atoms. The van der Waals surface area contributed by atoms with Crippen molar-refractivity contribution in [3.05, 3.63) is 35.4 Å². The Morgan fingerprint density at radius 1 is 1.15 bits per heavy atom. The van der Waals surface area contributed by atoms with Gasteiger partial charge in [-0.05, 0) is 24.0 Å². The topological polar surface area (TPSA) is 32.3 Å². The minimum Gasteiger partial charge on any atom is -0.389 e. The van der Waals surface area contributed by atoms with Crippen LogP contribution in [0.3, 0.4) is 0 Å². The van der Waals surface area contributed by atoms with E-state index in [1.165, 1.54) is 36.8 Å². The van der Waals surface area contributed by atoms with Gasteiger partial charge in [0.25, 0.3) is 0 Å². The van der Waals surface area contributed by atoms with Gasteiger partial charge < -0.3 is 10.4 Å². The molecule has 0 radical (unpaired) electrons. The highest BCUT2D eigenvalue weighted by molar-refractivity contribution is 7.98. The summed E-state index contributed by atoms with van der Waals surface area (Å²) in [6.07, 6.45) is 6.83. The van der Waals surface area contributed by atoms with Crippen LogP contribution in [0.5, 0.6) is 0 Å². The molecule has 0 bridgehead atoms. The average Bonchev–Trinajstić information content (AvgIpc) is 2.70. The predicted molar refractivity (Wildman–Crippen MR) is 86.0 cm³/mol. The van der Waals surface area contributed by atoms with Crippen LogP contribution in [0.2, 0.25) is 0 Å². The Bertz CT molecular complexity index is 440. The SMILES string of the molecule is OC1(CNC2CSCc3ccccc32)CCCCCC1. The molecule has 1 heterocycles. The van der Waals surface area contributed by atoms with Gasteiger partial charge in [0.1, 0.15) is 0 Å². The van der Waals surface area contributed by atoms with Crippen LogP contribution < -0.4 is 5.32 Å². The number of hydrogen-bond acceptors (Lipinski definition) is 3. The fourth-order valence-corrected chi connectivity index (χ4v) is 4.56. The van der Waals surface area contributed by atoms with E-state index in [0.717, 1.165) is 30.9 Å². The number of benzene rings is 1. The minimum absolute atomic E-state index is 0.400. The zero-order chi connectivity index (χ0) is 13.8.